The van der Waals surface area contributed by atoms with Crippen molar-refractivity contribution in [1.29, 1.82) is 0 Å². The fraction of sp³-hybridized carbons (Fsp3) is 0.533. The third kappa shape index (κ3) is 3.49. The molecule has 0 radical (unpaired) electrons. The molecule has 1 N–H and O–H groups in total. The van der Waals surface area contributed by atoms with Crippen molar-refractivity contribution in [3.05, 3.63) is 29.3 Å². The predicted octanol–water partition coefficient (Wildman–Crippen LogP) is 4.03. The van der Waals surface area contributed by atoms with Crippen LogP contribution in [0.5, 0.6) is 0 Å². The number of halogens is 3. The Morgan fingerprint density at radius 2 is 1.95 bits per heavy atom. The van der Waals surface area contributed by atoms with Crippen LogP contribution in [0.25, 0.3) is 0 Å². The molecule has 1 aliphatic rings. The summed E-state index contributed by atoms with van der Waals surface area (Å²) < 4.78 is 39.0. The smallest absolute Gasteiger partial charge is 0.417 e. The Balaban J connectivity index is 2.28. The second kappa shape index (κ2) is 5.95. The minimum absolute atomic E-state index is 0.446. The number of alkyl halides is 3. The van der Waals surface area contributed by atoms with Gasteiger partial charge in [0.2, 0.25) is 0 Å². The molecule has 0 aliphatic carbocycles. The van der Waals surface area contributed by atoms with E-state index < -0.39 is 23.3 Å². The number of piperidine rings is 1. The Kier molecular flexibility index (Phi) is 4.44. The first-order valence-electron chi connectivity index (χ1n) is 7.02. The van der Waals surface area contributed by atoms with Gasteiger partial charge >= 0.3 is 12.1 Å². The van der Waals surface area contributed by atoms with Crippen LogP contribution in [0.2, 0.25) is 0 Å². The van der Waals surface area contributed by atoms with Gasteiger partial charge in [-0.1, -0.05) is 13.3 Å². The summed E-state index contributed by atoms with van der Waals surface area (Å²) in [6.07, 6.45) is -1.66. The Morgan fingerprint density at radius 1 is 1.33 bits per heavy atom. The molecule has 1 fully saturated rings. The highest BCUT2D eigenvalue weighted by Crippen LogP contribution is 2.35. The van der Waals surface area contributed by atoms with Gasteiger partial charge in [0.1, 0.15) is 0 Å². The van der Waals surface area contributed by atoms with E-state index in [9.17, 15) is 18.0 Å². The standard InChI is InChI=1S/C15H18F3NO2/c1-2-10-5-7-19(8-6-10)11-3-4-12(14(20)21)13(9-11)15(16,17)18/h3-4,9-10H,2,5-8H2,1H3,(H,20,21). The maximum atomic E-state index is 13.0. The van der Waals surface area contributed by atoms with Crippen LogP contribution in [0.4, 0.5) is 18.9 Å². The zero-order chi connectivity index (χ0) is 15.6. The number of hydrogen-bond donors (Lipinski definition) is 1. The molecule has 21 heavy (non-hydrogen) atoms. The highest BCUT2D eigenvalue weighted by molar-refractivity contribution is 5.90. The van der Waals surface area contributed by atoms with E-state index in [1.807, 2.05) is 4.90 Å². The molecule has 3 nitrogen and oxygen atoms in total. The SMILES string of the molecule is CCC1CCN(c2ccc(C(=O)O)c(C(F)(F)F)c2)CC1. The second-order valence-electron chi connectivity index (χ2n) is 5.37. The molecule has 0 bridgehead atoms. The number of aromatic carboxylic acids is 1. The summed E-state index contributed by atoms with van der Waals surface area (Å²) in [5.74, 6) is -0.930. The Morgan fingerprint density at radius 3 is 2.43 bits per heavy atom. The van der Waals surface area contributed by atoms with E-state index in [0.29, 0.717) is 24.7 Å². The van der Waals surface area contributed by atoms with Crippen molar-refractivity contribution in [2.45, 2.75) is 32.4 Å². The first-order valence-corrected chi connectivity index (χ1v) is 7.02. The number of nitrogens with zero attached hydrogens (tertiary/aromatic N) is 1. The van der Waals surface area contributed by atoms with E-state index in [2.05, 4.69) is 6.92 Å². The van der Waals surface area contributed by atoms with Crippen molar-refractivity contribution in [3.8, 4) is 0 Å². The van der Waals surface area contributed by atoms with Crippen LogP contribution in [-0.2, 0) is 6.18 Å². The van der Waals surface area contributed by atoms with Crippen molar-refractivity contribution < 1.29 is 23.1 Å². The fourth-order valence-corrected chi connectivity index (χ4v) is 2.75. The molecule has 0 aromatic heterocycles. The van der Waals surface area contributed by atoms with Crippen LogP contribution in [0.1, 0.15) is 42.1 Å². The summed E-state index contributed by atoms with van der Waals surface area (Å²) >= 11 is 0. The normalized spacial score (nSPS) is 17.0. The predicted molar refractivity (Wildman–Crippen MR) is 73.6 cm³/mol. The monoisotopic (exact) mass is 301 g/mol. The van der Waals surface area contributed by atoms with E-state index in [0.717, 1.165) is 31.4 Å². The van der Waals surface area contributed by atoms with Crippen molar-refractivity contribution in [2.75, 3.05) is 18.0 Å². The average molecular weight is 301 g/mol. The average Bonchev–Trinajstić information content (AvgIpc) is 2.45. The van der Waals surface area contributed by atoms with Gasteiger partial charge in [-0.25, -0.2) is 4.79 Å². The van der Waals surface area contributed by atoms with Gasteiger partial charge in [0.25, 0.3) is 0 Å². The molecular formula is C15H18F3NO2. The van der Waals surface area contributed by atoms with Crippen LogP contribution in [0, 0.1) is 5.92 Å². The number of benzene rings is 1. The lowest BCUT2D eigenvalue weighted by atomic mass is 9.94. The van der Waals surface area contributed by atoms with Crippen LogP contribution in [0.3, 0.4) is 0 Å². The molecule has 0 saturated carbocycles. The first kappa shape index (κ1) is 15.7. The maximum Gasteiger partial charge on any atom is 0.417 e. The zero-order valence-corrected chi connectivity index (χ0v) is 11.8. The van der Waals surface area contributed by atoms with E-state index in [1.54, 1.807) is 0 Å². The van der Waals surface area contributed by atoms with Crippen molar-refractivity contribution >= 4 is 11.7 Å². The Hall–Kier alpha value is -1.72. The summed E-state index contributed by atoms with van der Waals surface area (Å²) in [6.45, 7) is 3.54. The molecule has 0 unspecified atom stereocenters. The van der Waals surface area contributed by atoms with E-state index in [1.165, 1.54) is 6.07 Å². The minimum atomic E-state index is -4.66. The lowest BCUT2D eigenvalue weighted by Crippen LogP contribution is -2.33. The van der Waals surface area contributed by atoms with Crippen molar-refractivity contribution in [2.24, 2.45) is 5.92 Å². The molecule has 1 aromatic carbocycles. The number of carboxylic acids is 1. The number of anilines is 1. The quantitative estimate of drug-likeness (QED) is 0.916. The van der Waals surface area contributed by atoms with Crippen molar-refractivity contribution in [3.63, 3.8) is 0 Å². The summed E-state index contributed by atoms with van der Waals surface area (Å²) in [6, 6.07) is 3.47. The molecule has 2 rings (SSSR count). The zero-order valence-electron chi connectivity index (χ0n) is 11.8. The number of carbonyl (C=O) groups is 1. The summed E-state index contributed by atoms with van der Waals surface area (Å²) in [5, 5.41) is 8.88. The Bertz CT molecular complexity index is 520. The summed E-state index contributed by atoms with van der Waals surface area (Å²) in [4.78, 5) is 12.8. The molecular weight excluding hydrogens is 283 g/mol. The number of rotatable bonds is 3. The van der Waals surface area contributed by atoms with Gasteiger partial charge in [-0.15, -0.1) is 0 Å². The van der Waals surface area contributed by atoms with Gasteiger partial charge < -0.3 is 10.0 Å². The topological polar surface area (TPSA) is 40.5 Å². The maximum absolute atomic E-state index is 13.0. The minimum Gasteiger partial charge on any atom is -0.478 e. The molecule has 1 heterocycles. The van der Waals surface area contributed by atoms with Gasteiger partial charge in [0.15, 0.2) is 0 Å². The summed E-state index contributed by atoms with van der Waals surface area (Å²) in [5.41, 5.74) is -1.33. The lowest BCUT2D eigenvalue weighted by molar-refractivity contribution is -0.138. The van der Waals surface area contributed by atoms with Crippen LogP contribution < -0.4 is 4.90 Å². The lowest BCUT2D eigenvalue weighted by Gasteiger charge is -2.33. The third-order valence-electron chi connectivity index (χ3n) is 4.10. The van der Waals surface area contributed by atoms with Crippen LogP contribution in [-0.4, -0.2) is 24.2 Å². The first-order chi connectivity index (χ1) is 9.82. The van der Waals surface area contributed by atoms with Crippen LogP contribution >= 0.6 is 0 Å². The molecule has 1 saturated heterocycles. The van der Waals surface area contributed by atoms with Gasteiger partial charge in [-0.05, 0) is 37.0 Å². The molecule has 1 aromatic rings. The fourth-order valence-electron chi connectivity index (χ4n) is 2.75. The molecule has 116 valence electrons. The van der Waals surface area contributed by atoms with Gasteiger partial charge in [0.05, 0.1) is 11.1 Å². The molecule has 0 spiro atoms. The largest absolute Gasteiger partial charge is 0.478 e. The summed E-state index contributed by atoms with van der Waals surface area (Å²) in [7, 11) is 0. The van der Waals surface area contributed by atoms with Crippen molar-refractivity contribution in [1.82, 2.24) is 0 Å². The van der Waals surface area contributed by atoms with Gasteiger partial charge in [0, 0.05) is 18.8 Å². The van der Waals surface area contributed by atoms with Crippen LogP contribution in [0.15, 0.2) is 18.2 Å². The number of hydrogen-bond acceptors (Lipinski definition) is 2. The second-order valence-corrected chi connectivity index (χ2v) is 5.37. The van der Waals surface area contributed by atoms with E-state index in [-0.39, 0.29) is 0 Å². The van der Waals surface area contributed by atoms with Gasteiger partial charge in [-0.3, -0.25) is 0 Å². The Labute approximate surface area is 121 Å². The third-order valence-corrected chi connectivity index (χ3v) is 4.10. The highest BCUT2D eigenvalue weighted by atomic mass is 19.4. The highest BCUT2D eigenvalue weighted by Gasteiger charge is 2.36. The van der Waals surface area contributed by atoms with Gasteiger partial charge in [-0.2, -0.15) is 13.2 Å². The molecule has 6 heteroatoms. The van der Waals surface area contributed by atoms with E-state index >= 15 is 0 Å². The number of carboxylic acid groups (broad SMARTS) is 1. The molecule has 0 atom stereocenters. The van der Waals surface area contributed by atoms with E-state index in [4.69, 9.17) is 5.11 Å². The molecule has 0 amide bonds. The molecule has 1 aliphatic heterocycles.